The summed E-state index contributed by atoms with van der Waals surface area (Å²) in [6.07, 6.45) is 15.4. The molecule has 2 unspecified atom stereocenters. The maximum Gasteiger partial charge on any atom is -0.00542 e. The molecule has 0 bridgehead atoms. The molecule has 0 nitrogen and oxygen atoms in total. The Morgan fingerprint density at radius 1 is 1.12 bits per heavy atom. The first-order chi connectivity index (χ1) is 7.91. The van der Waals surface area contributed by atoms with Gasteiger partial charge in [0.2, 0.25) is 0 Å². The zero-order valence-electron chi connectivity index (χ0n) is 12.2. The topological polar surface area (TPSA) is 0 Å². The van der Waals surface area contributed by atoms with E-state index < -0.39 is 0 Å². The first-order valence-corrected chi connectivity index (χ1v) is 6.92. The lowest BCUT2D eigenvalue weighted by atomic mass is 9.85. The van der Waals surface area contributed by atoms with E-state index in [1.807, 2.05) is 0 Å². The van der Waals surface area contributed by atoms with Gasteiger partial charge < -0.3 is 0 Å². The van der Waals surface area contributed by atoms with Gasteiger partial charge in [-0.15, -0.1) is 0 Å². The molecule has 0 aromatic rings. The lowest BCUT2D eigenvalue weighted by Gasteiger charge is -2.20. The highest BCUT2D eigenvalue weighted by Gasteiger charge is 2.13. The number of hydrogen-bond donors (Lipinski definition) is 0. The molecule has 0 aromatic heterocycles. The summed E-state index contributed by atoms with van der Waals surface area (Å²) in [5.41, 5.74) is 1.79. The van der Waals surface area contributed by atoms with Crippen molar-refractivity contribution in [2.75, 3.05) is 0 Å². The van der Waals surface area contributed by atoms with Crippen LogP contribution >= 0.6 is 0 Å². The van der Waals surface area contributed by atoms with E-state index in [0.29, 0.717) is 5.92 Å². The average Bonchev–Trinajstić information content (AvgIpc) is 2.27. The monoisotopic (exact) mass is 232 g/mol. The van der Waals surface area contributed by atoms with Gasteiger partial charge in [0.05, 0.1) is 0 Å². The number of allylic oxidation sites excluding steroid dienone is 6. The Morgan fingerprint density at radius 3 is 2.53 bits per heavy atom. The van der Waals surface area contributed by atoms with E-state index in [0.717, 1.165) is 12.3 Å². The summed E-state index contributed by atoms with van der Waals surface area (Å²) in [5.74, 6) is 1.34. The fourth-order valence-electron chi connectivity index (χ4n) is 2.01. The Morgan fingerprint density at radius 2 is 1.82 bits per heavy atom. The van der Waals surface area contributed by atoms with Crippen molar-refractivity contribution in [3.05, 3.63) is 36.0 Å². The van der Waals surface area contributed by atoms with Crippen molar-refractivity contribution in [1.82, 2.24) is 0 Å². The Balaban J connectivity index is 2.86. The molecule has 1 aliphatic carbocycles. The molecule has 17 heavy (non-hydrogen) atoms. The molecule has 1 rings (SSSR count). The van der Waals surface area contributed by atoms with Crippen LogP contribution < -0.4 is 0 Å². The van der Waals surface area contributed by atoms with Crippen LogP contribution in [0.5, 0.6) is 0 Å². The van der Waals surface area contributed by atoms with Crippen LogP contribution in [0.1, 0.15) is 53.9 Å². The molecule has 0 heteroatoms. The fraction of sp³-hybridized carbons (Fsp3) is 0.647. The zero-order valence-corrected chi connectivity index (χ0v) is 12.2. The molecule has 1 aliphatic rings. The maximum absolute atomic E-state index is 2.42. The van der Waals surface area contributed by atoms with E-state index in [1.165, 1.54) is 18.4 Å². The van der Waals surface area contributed by atoms with Gasteiger partial charge in [0.15, 0.2) is 0 Å². The summed E-state index contributed by atoms with van der Waals surface area (Å²) in [6, 6.07) is 0. The zero-order chi connectivity index (χ0) is 12.9. The van der Waals surface area contributed by atoms with Gasteiger partial charge in [-0.25, -0.2) is 0 Å². The van der Waals surface area contributed by atoms with E-state index in [-0.39, 0.29) is 5.41 Å². The van der Waals surface area contributed by atoms with Crippen LogP contribution in [0.25, 0.3) is 0 Å². The molecule has 0 heterocycles. The first-order valence-electron chi connectivity index (χ1n) is 6.92. The molecule has 2 atom stereocenters. The highest BCUT2D eigenvalue weighted by atomic mass is 14.2. The van der Waals surface area contributed by atoms with Gasteiger partial charge in [-0.2, -0.15) is 0 Å². The molecule has 96 valence electrons. The quantitative estimate of drug-likeness (QED) is 0.482. The van der Waals surface area contributed by atoms with Crippen LogP contribution in [0.15, 0.2) is 36.0 Å². The Labute approximate surface area is 108 Å². The molecule has 0 saturated heterocycles. The van der Waals surface area contributed by atoms with Gasteiger partial charge in [-0.3, -0.25) is 0 Å². The van der Waals surface area contributed by atoms with Gasteiger partial charge in [-0.1, -0.05) is 63.6 Å². The lowest BCUT2D eigenvalue weighted by Crippen LogP contribution is -2.07. The number of rotatable bonds is 0. The number of hydrogen-bond acceptors (Lipinski definition) is 0. The summed E-state index contributed by atoms with van der Waals surface area (Å²) in [6.45, 7) is 11.5. The van der Waals surface area contributed by atoms with Crippen LogP contribution in [-0.4, -0.2) is 0 Å². The Hall–Kier alpha value is -0.780. The van der Waals surface area contributed by atoms with Crippen molar-refractivity contribution in [2.24, 2.45) is 17.3 Å². The molecule has 0 saturated carbocycles. The van der Waals surface area contributed by atoms with Crippen LogP contribution in [0.4, 0.5) is 0 Å². The second kappa shape index (κ2) is 6.23. The van der Waals surface area contributed by atoms with Crippen LogP contribution in [-0.2, 0) is 0 Å². The van der Waals surface area contributed by atoms with Crippen LogP contribution in [0.2, 0.25) is 0 Å². The Kier molecular flexibility index (Phi) is 5.24. The minimum atomic E-state index is 0.285. The molecule has 0 spiro atoms. The SMILES string of the molecule is CC1=CCC(C)CC=CCC(C)(C)C=CC1C. The second-order valence-electron chi connectivity index (χ2n) is 6.34. The first kappa shape index (κ1) is 14.3. The molecule has 0 N–H and O–H groups in total. The van der Waals surface area contributed by atoms with Gasteiger partial charge in [0, 0.05) is 0 Å². The third kappa shape index (κ3) is 5.39. The van der Waals surface area contributed by atoms with Crippen molar-refractivity contribution in [3.8, 4) is 0 Å². The normalized spacial score (nSPS) is 30.3. The average molecular weight is 232 g/mol. The minimum Gasteiger partial charge on any atom is -0.0882 e. The molecule has 0 aliphatic heterocycles. The van der Waals surface area contributed by atoms with E-state index in [4.69, 9.17) is 0 Å². The van der Waals surface area contributed by atoms with Crippen molar-refractivity contribution < 1.29 is 0 Å². The predicted octanol–water partition coefficient (Wildman–Crippen LogP) is 5.53. The van der Waals surface area contributed by atoms with E-state index >= 15 is 0 Å². The molecule has 0 fully saturated rings. The van der Waals surface area contributed by atoms with E-state index in [9.17, 15) is 0 Å². The highest BCUT2D eigenvalue weighted by Crippen LogP contribution is 2.26. The van der Waals surface area contributed by atoms with Gasteiger partial charge >= 0.3 is 0 Å². The van der Waals surface area contributed by atoms with E-state index in [2.05, 4.69) is 65.0 Å². The Bertz CT molecular complexity index is 315. The summed E-state index contributed by atoms with van der Waals surface area (Å²) >= 11 is 0. The maximum atomic E-state index is 2.42. The molecule has 0 radical (unpaired) electrons. The molecule has 0 aromatic carbocycles. The largest absolute Gasteiger partial charge is 0.0882 e. The minimum absolute atomic E-state index is 0.285. The standard InChI is InChI=1S/C17H28/c1-14-8-6-7-12-17(4,5)13-11-16(3)15(2)10-9-14/h6-7,10-11,13-14,16H,8-9,12H2,1-5H3. The molecule has 0 amide bonds. The third-order valence-corrected chi connectivity index (χ3v) is 3.75. The summed E-state index contributed by atoms with van der Waals surface area (Å²) in [4.78, 5) is 0. The summed E-state index contributed by atoms with van der Waals surface area (Å²) in [5, 5.41) is 0. The van der Waals surface area contributed by atoms with Crippen molar-refractivity contribution >= 4 is 0 Å². The van der Waals surface area contributed by atoms with Crippen LogP contribution in [0, 0.1) is 17.3 Å². The van der Waals surface area contributed by atoms with Gasteiger partial charge in [0.25, 0.3) is 0 Å². The smallest absolute Gasteiger partial charge is 0.00542 e. The lowest BCUT2D eigenvalue weighted by molar-refractivity contribution is 0.482. The predicted molar refractivity (Wildman–Crippen MR) is 78.0 cm³/mol. The third-order valence-electron chi connectivity index (χ3n) is 3.75. The van der Waals surface area contributed by atoms with Gasteiger partial charge in [0.1, 0.15) is 0 Å². The molecular weight excluding hydrogens is 204 g/mol. The second-order valence-corrected chi connectivity index (χ2v) is 6.34. The van der Waals surface area contributed by atoms with Crippen LogP contribution in [0.3, 0.4) is 0 Å². The van der Waals surface area contributed by atoms with Crippen molar-refractivity contribution in [3.63, 3.8) is 0 Å². The van der Waals surface area contributed by atoms with Gasteiger partial charge in [-0.05, 0) is 43.4 Å². The van der Waals surface area contributed by atoms with Crippen molar-refractivity contribution in [2.45, 2.75) is 53.9 Å². The van der Waals surface area contributed by atoms with Crippen molar-refractivity contribution in [1.29, 1.82) is 0 Å². The highest BCUT2D eigenvalue weighted by molar-refractivity contribution is 5.13. The summed E-state index contributed by atoms with van der Waals surface area (Å²) in [7, 11) is 0. The fourth-order valence-corrected chi connectivity index (χ4v) is 2.01. The molecular formula is C17H28. The van der Waals surface area contributed by atoms with E-state index in [1.54, 1.807) is 0 Å². The summed E-state index contributed by atoms with van der Waals surface area (Å²) < 4.78 is 0.